The van der Waals surface area contributed by atoms with E-state index >= 15 is 8.78 Å². The Bertz CT molecular complexity index is 2850. The van der Waals surface area contributed by atoms with E-state index in [0.29, 0.717) is 28.6 Å². The first kappa shape index (κ1) is 40.5. The molecule has 1 saturated heterocycles. The van der Waals surface area contributed by atoms with Crippen molar-refractivity contribution in [3.05, 3.63) is 148 Å². The summed E-state index contributed by atoms with van der Waals surface area (Å²) >= 11 is 1.37. The first-order valence-corrected chi connectivity index (χ1v) is 20.5. The highest BCUT2D eigenvalue weighted by Gasteiger charge is 2.37. The van der Waals surface area contributed by atoms with Crippen LogP contribution in [0.5, 0.6) is 0 Å². The molecule has 60 heavy (non-hydrogen) atoms. The Kier molecular flexibility index (Phi) is 11.1. The van der Waals surface area contributed by atoms with Crippen LogP contribution in [0.2, 0.25) is 0 Å². The predicted octanol–water partition coefficient (Wildman–Crippen LogP) is 5.44. The quantitative estimate of drug-likeness (QED) is 0.159. The molecule has 3 aromatic carbocycles. The van der Waals surface area contributed by atoms with Crippen LogP contribution in [0, 0.1) is 11.6 Å². The van der Waals surface area contributed by atoms with Crippen LogP contribution in [0.3, 0.4) is 0 Å². The maximum atomic E-state index is 16.2. The molecule has 19 heteroatoms. The molecule has 306 valence electrons. The van der Waals surface area contributed by atoms with Gasteiger partial charge in [0.1, 0.15) is 23.3 Å². The van der Waals surface area contributed by atoms with Crippen molar-refractivity contribution in [3.63, 3.8) is 0 Å². The summed E-state index contributed by atoms with van der Waals surface area (Å²) in [7, 11) is -4.61. The minimum absolute atomic E-state index is 0.0284. The molecule has 8 rings (SSSR count). The lowest BCUT2D eigenvalue weighted by atomic mass is 10.0. The van der Waals surface area contributed by atoms with Crippen molar-refractivity contribution in [1.82, 2.24) is 34.3 Å². The van der Waals surface area contributed by atoms with Crippen molar-refractivity contribution < 1.29 is 30.4 Å². The topological polar surface area (TPSA) is 160 Å². The van der Waals surface area contributed by atoms with Crippen LogP contribution >= 0.6 is 11.8 Å². The highest BCUT2D eigenvalue weighted by Crippen LogP contribution is 2.38. The van der Waals surface area contributed by atoms with Crippen molar-refractivity contribution in [2.75, 3.05) is 31.9 Å². The molecule has 4 N–H and O–H groups in total. The van der Waals surface area contributed by atoms with Gasteiger partial charge in [0.2, 0.25) is 10.0 Å². The molecule has 0 bridgehead atoms. The number of aliphatic imine (C=N–C) groups is 1. The normalized spacial score (nSPS) is 18.4. The van der Waals surface area contributed by atoms with E-state index < -0.39 is 38.3 Å². The molecule has 0 spiro atoms. The number of piperazine rings is 1. The number of allylic oxidation sites excluding steroid dienone is 4. The summed E-state index contributed by atoms with van der Waals surface area (Å²) in [5.74, 6) is -1.11. The zero-order valence-electron chi connectivity index (χ0n) is 31.3. The van der Waals surface area contributed by atoms with Gasteiger partial charge in [-0.05, 0) is 83.1 Å². The van der Waals surface area contributed by atoms with Gasteiger partial charge in [0, 0.05) is 59.8 Å². The second kappa shape index (κ2) is 16.4. The van der Waals surface area contributed by atoms with Crippen LogP contribution in [-0.4, -0.2) is 75.1 Å². The fourth-order valence-electron chi connectivity index (χ4n) is 6.89. The van der Waals surface area contributed by atoms with Crippen LogP contribution in [0.1, 0.15) is 12.0 Å². The van der Waals surface area contributed by atoms with Gasteiger partial charge in [0.25, 0.3) is 0 Å². The Morgan fingerprint density at radius 2 is 1.58 bits per heavy atom. The molecule has 0 unspecified atom stereocenters. The van der Waals surface area contributed by atoms with Gasteiger partial charge >= 0.3 is 6.18 Å². The molecule has 2 aromatic heterocycles. The number of anilines is 1. The minimum atomic E-state index is -4.87. The summed E-state index contributed by atoms with van der Waals surface area (Å²) in [6, 6.07) is 12.7. The fourth-order valence-corrected chi connectivity index (χ4v) is 9.44. The number of nitrogens with two attached hydrogens (primary N) is 2. The van der Waals surface area contributed by atoms with Gasteiger partial charge in [0.05, 0.1) is 46.7 Å². The van der Waals surface area contributed by atoms with Gasteiger partial charge in [-0.15, -0.1) is 0 Å². The van der Waals surface area contributed by atoms with Crippen molar-refractivity contribution >= 4 is 45.1 Å². The number of alkyl halides is 3. The van der Waals surface area contributed by atoms with Crippen LogP contribution in [0.25, 0.3) is 33.7 Å². The molecule has 5 aromatic rings. The fraction of sp³-hybridized carbons (Fsp3) is 0.146. The number of benzene rings is 3. The Morgan fingerprint density at radius 3 is 2.28 bits per heavy atom. The highest BCUT2D eigenvalue weighted by molar-refractivity contribution is 8.03. The lowest BCUT2D eigenvalue weighted by Gasteiger charge is -2.41. The third kappa shape index (κ3) is 8.29. The number of hydrogen-bond acceptors (Lipinski definition) is 12. The number of nitrogens with zero attached hydrogens (tertiary/aromatic N) is 8. The van der Waals surface area contributed by atoms with Gasteiger partial charge in [-0.3, -0.25) is 9.99 Å². The lowest BCUT2D eigenvalue weighted by Crippen LogP contribution is -2.54. The minimum Gasteiger partial charge on any atom is -0.382 e. The van der Waals surface area contributed by atoms with Gasteiger partial charge < -0.3 is 11.5 Å². The van der Waals surface area contributed by atoms with E-state index in [1.807, 2.05) is 18.2 Å². The second-order valence-corrected chi connectivity index (χ2v) is 16.5. The summed E-state index contributed by atoms with van der Waals surface area (Å²) in [5, 5.41) is 4.76. The number of rotatable bonds is 7. The van der Waals surface area contributed by atoms with E-state index in [-0.39, 0.29) is 65.4 Å². The van der Waals surface area contributed by atoms with E-state index in [0.717, 1.165) is 33.0 Å². The number of thioether (sulfide) groups is 1. The Hall–Kier alpha value is -6.28. The number of aromatic nitrogens is 4. The van der Waals surface area contributed by atoms with E-state index in [2.05, 4.69) is 24.9 Å². The summed E-state index contributed by atoms with van der Waals surface area (Å²) in [5.41, 5.74) is 11.8. The summed E-state index contributed by atoms with van der Waals surface area (Å²) in [6.07, 6.45) is 10.2. The standard InChI is InChI=1S/C41H33F5N10O2S2/c42-32-19-26(6-9-30(32)34-21-52-38(47)23-51-34)29-11-8-27(41(44,45)46)20-37(29)60(57,58)55-16-14-54(15-17-55)56-24-39(48)53-22-35(56)31-10-7-25(18-33(31)43)28-4-1-2-5-36(28)59-40-49-12-3-13-50-40/h1-3,5-13,18-24H,4,14-17,48H2,(H2,47,52). The Labute approximate surface area is 344 Å². The molecule has 12 nitrogen and oxygen atoms in total. The summed E-state index contributed by atoms with van der Waals surface area (Å²) in [4.78, 5) is 21.0. The maximum Gasteiger partial charge on any atom is 0.416 e. The molecular weight excluding hydrogens is 824 g/mol. The van der Waals surface area contributed by atoms with E-state index in [1.54, 1.807) is 40.6 Å². The van der Waals surface area contributed by atoms with Gasteiger partial charge in [0.15, 0.2) is 5.16 Å². The average molecular weight is 857 g/mol. The highest BCUT2D eigenvalue weighted by atomic mass is 32.2. The van der Waals surface area contributed by atoms with Gasteiger partial charge in [-0.25, -0.2) is 42.2 Å². The molecule has 0 saturated carbocycles. The molecule has 0 radical (unpaired) electrons. The van der Waals surface area contributed by atoms with Crippen molar-refractivity contribution in [1.29, 1.82) is 0 Å². The molecular formula is C41H33F5N10O2S2. The third-order valence-corrected chi connectivity index (χ3v) is 12.8. The van der Waals surface area contributed by atoms with Crippen LogP contribution < -0.4 is 21.9 Å². The van der Waals surface area contributed by atoms with Gasteiger partial charge in [-0.1, -0.05) is 30.4 Å². The first-order chi connectivity index (χ1) is 28.8. The molecule has 4 heterocycles. The number of hydrazine groups is 1. The van der Waals surface area contributed by atoms with E-state index in [1.165, 1.54) is 54.8 Å². The zero-order valence-corrected chi connectivity index (χ0v) is 32.9. The van der Waals surface area contributed by atoms with Crippen molar-refractivity contribution in [3.8, 4) is 22.4 Å². The second-order valence-electron chi connectivity index (χ2n) is 13.6. The molecule has 1 aliphatic carbocycles. The summed E-state index contributed by atoms with van der Waals surface area (Å²) in [6.45, 7) is -0.253. The average Bonchev–Trinajstić information content (AvgIpc) is 3.24. The molecule has 0 atom stereocenters. The molecule has 2 aliphatic heterocycles. The van der Waals surface area contributed by atoms with Crippen LogP contribution in [-0.2, 0) is 16.2 Å². The largest absolute Gasteiger partial charge is 0.416 e. The predicted molar refractivity (Wildman–Crippen MR) is 217 cm³/mol. The summed E-state index contributed by atoms with van der Waals surface area (Å²) < 4.78 is 103. The van der Waals surface area contributed by atoms with Crippen LogP contribution in [0.15, 0.2) is 136 Å². The third-order valence-electron chi connectivity index (χ3n) is 9.85. The number of sulfonamides is 1. The van der Waals surface area contributed by atoms with Gasteiger partial charge in [-0.2, -0.15) is 17.5 Å². The van der Waals surface area contributed by atoms with Crippen molar-refractivity contribution in [2.45, 2.75) is 22.6 Å². The monoisotopic (exact) mass is 856 g/mol. The molecule has 1 fully saturated rings. The maximum absolute atomic E-state index is 16.2. The Balaban J connectivity index is 1.08. The smallest absolute Gasteiger partial charge is 0.382 e. The lowest BCUT2D eigenvalue weighted by molar-refractivity contribution is -0.137. The van der Waals surface area contributed by atoms with E-state index in [4.69, 9.17) is 11.5 Å². The van der Waals surface area contributed by atoms with Crippen molar-refractivity contribution in [2.24, 2.45) is 10.7 Å². The number of halogens is 5. The number of hydrogen-bond donors (Lipinski definition) is 2. The zero-order chi connectivity index (χ0) is 42.2. The Morgan fingerprint density at radius 1 is 0.817 bits per heavy atom. The molecule has 3 aliphatic rings. The van der Waals surface area contributed by atoms with Crippen LogP contribution in [0.4, 0.5) is 27.8 Å². The molecule has 0 amide bonds. The van der Waals surface area contributed by atoms with E-state index in [9.17, 15) is 21.6 Å². The SMILES string of the molecule is NC1=CN(N2CCN(S(=O)(=O)c3cc(C(F)(F)F)ccc3-c3ccc(-c4cnc(N)cn4)c(F)c3)CC2)C(=c2ccc(=C3CC=CC=C3Sc3ncccn3)cc2F)C=N1. The first-order valence-electron chi connectivity index (χ1n) is 18.3. The number of nitrogen functional groups attached to an aromatic ring is 1.